The van der Waals surface area contributed by atoms with Crippen LogP contribution in [0, 0.1) is 10.1 Å². The third kappa shape index (κ3) is 3.15. The molecule has 1 amide bonds. The molecule has 1 unspecified atom stereocenters. The largest absolute Gasteiger partial charge is 0.351 e. The normalized spacial score (nSPS) is 18.8. The molecule has 1 fully saturated rings. The van der Waals surface area contributed by atoms with E-state index in [1.807, 2.05) is 4.90 Å². The van der Waals surface area contributed by atoms with Gasteiger partial charge in [0.2, 0.25) is 0 Å². The second-order valence-corrected chi connectivity index (χ2v) is 5.45. The lowest BCUT2D eigenvalue weighted by Crippen LogP contribution is -2.35. The number of carbonyl (C=O) groups excluding carboxylic acids is 1. The van der Waals surface area contributed by atoms with Gasteiger partial charge in [0, 0.05) is 24.0 Å². The average molecular weight is 330 g/mol. The summed E-state index contributed by atoms with van der Waals surface area (Å²) in [5, 5.41) is 11.5. The zero-order valence-corrected chi connectivity index (χ0v) is 12.1. The Labute approximate surface area is 119 Å². The van der Waals surface area contributed by atoms with Gasteiger partial charge in [-0.3, -0.25) is 14.9 Å². The topological polar surface area (TPSA) is 79.2 Å². The molecule has 1 atom stereocenters. The van der Waals surface area contributed by atoms with Gasteiger partial charge < -0.3 is 9.88 Å². The fourth-order valence-corrected chi connectivity index (χ4v) is 2.81. The molecular weight excluding hydrogens is 314 g/mol. The molecule has 1 aromatic heterocycles. The van der Waals surface area contributed by atoms with E-state index in [1.165, 1.54) is 12.3 Å². The van der Waals surface area contributed by atoms with Gasteiger partial charge in [-0.25, -0.2) is 0 Å². The summed E-state index contributed by atoms with van der Waals surface area (Å²) in [4.78, 5) is 27.0. The Morgan fingerprint density at radius 2 is 2.42 bits per heavy atom. The number of nitro groups is 1. The van der Waals surface area contributed by atoms with Gasteiger partial charge in [0.05, 0.1) is 11.1 Å². The molecule has 7 heteroatoms. The van der Waals surface area contributed by atoms with Crippen LogP contribution < -0.4 is 0 Å². The molecule has 0 bridgehead atoms. The fraction of sp³-hybridized carbons (Fsp3) is 0.583. The SMILES string of the molecule is O=C(c1cc([N+](=O)[O-])c[nH]1)N1CCCC1CCCBr. The number of aromatic amines is 1. The summed E-state index contributed by atoms with van der Waals surface area (Å²) in [5.74, 6) is -0.134. The summed E-state index contributed by atoms with van der Waals surface area (Å²) < 4.78 is 0. The number of nitrogens with zero attached hydrogens (tertiary/aromatic N) is 2. The van der Waals surface area contributed by atoms with Crippen LogP contribution in [0.4, 0.5) is 5.69 Å². The van der Waals surface area contributed by atoms with Gasteiger partial charge in [0.25, 0.3) is 11.6 Å². The van der Waals surface area contributed by atoms with Gasteiger partial charge >= 0.3 is 0 Å². The van der Waals surface area contributed by atoms with E-state index in [4.69, 9.17) is 0 Å². The number of H-pyrrole nitrogens is 1. The number of likely N-dealkylation sites (tertiary alicyclic amines) is 1. The second-order valence-electron chi connectivity index (χ2n) is 4.65. The predicted molar refractivity (Wildman–Crippen MR) is 74.5 cm³/mol. The first-order chi connectivity index (χ1) is 9.13. The van der Waals surface area contributed by atoms with Gasteiger partial charge in [0.1, 0.15) is 5.69 Å². The first-order valence-electron chi connectivity index (χ1n) is 6.33. The lowest BCUT2D eigenvalue weighted by Gasteiger charge is -2.23. The number of halogens is 1. The van der Waals surface area contributed by atoms with Crippen molar-refractivity contribution in [3.63, 3.8) is 0 Å². The van der Waals surface area contributed by atoms with E-state index in [1.54, 1.807) is 0 Å². The zero-order valence-electron chi connectivity index (χ0n) is 10.5. The van der Waals surface area contributed by atoms with Gasteiger partial charge in [0.15, 0.2) is 0 Å². The van der Waals surface area contributed by atoms with E-state index < -0.39 is 4.92 Å². The summed E-state index contributed by atoms with van der Waals surface area (Å²) >= 11 is 3.39. The van der Waals surface area contributed by atoms with Gasteiger partial charge in [-0.1, -0.05) is 15.9 Å². The number of hydrogen-bond acceptors (Lipinski definition) is 3. The second kappa shape index (κ2) is 6.18. The van der Waals surface area contributed by atoms with Crippen LogP contribution in [0.3, 0.4) is 0 Å². The minimum absolute atomic E-state index is 0.0699. The monoisotopic (exact) mass is 329 g/mol. The average Bonchev–Trinajstić information content (AvgIpc) is 3.04. The molecule has 0 spiro atoms. The predicted octanol–water partition coefficient (Wildman–Crippen LogP) is 2.70. The fourth-order valence-electron chi connectivity index (χ4n) is 2.48. The molecule has 6 nitrogen and oxygen atoms in total. The molecule has 2 rings (SSSR count). The van der Waals surface area contributed by atoms with E-state index in [9.17, 15) is 14.9 Å². The summed E-state index contributed by atoms with van der Waals surface area (Å²) in [7, 11) is 0. The van der Waals surface area contributed by atoms with Crippen molar-refractivity contribution in [3.05, 3.63) is 28.1 Å². The van der Waals surface area contributed by atoms with Crippen LogP contribution in [0.25, 0.3) is 0 Å². The number of amides is 1. The third-order valence-corrected chi connectivity index (χ3v) is 3.98. The van der Waals surface area contributed by atoms with Crippen LogP contribution >= 0.6 is 15.9 Å². The molecule has 1 aliphatic rings. The van der Waals surface area contributed by atoms with Crippen LogP contribution in [0.5, 0.6) is 0 Å². The quantitative estimate of drug-likeness (QED) is 0.512. The van der Waals surface area contributed by atoms with Crippen LogP contribution in [-0.2, 0) is 0 Å². The molecule has 1 aromatic rings. The maximum absolute atomic E-state index is 12.3. The summed E-state index contributed by atoms with van der Waals surface area (Å²) in [6, 6.07) is 1.56. The van der Waals surface area contributed by atoms with E-state index in [-0.39, 0.29) is 17.6 Å². The van der Waals surface area contributed by atoms with Crippen molar-refractivity contribution in [1.29, 1.82) is 0 Å². The van der Waals surface area contributed by atoms with Crippen LogP contribution in [0.1, 0.15) is 36.2 Å². The van der Waals surface area contributed by atoms with Crippen molar-refractivity contribution in [2.45, 2.75) is 31.7 Å². The summed E-state index contributed by atoms with van der Waals surface area (Å²) in [6.07, 6.45) is 5.28. The maximum atomic E-state index is 12.3. The Morgan fingerprint density at radius 3 is 3.05 bits per heavy atom. The maximum Gasteiger partial charge on any atom is 0.287 e. The van der Waals surface area contributed by atoms with Crippen molar-refractivity contribution in [1.82, 2.24) is 9.88 Å². The van der Waals surface area contributed by atoms with E-state index >= 15 is 0 Å². The minimum Gasteiger partial charge on any atom is -0.351 e. The molecule has 0 aliphatic carbocycles. The molecule has 0 saturated carbocycles. The smallest absolute Gasteiger partial charge is 0.287 e. The minimum atomic E-state index is -0.500. The Balaban J connectivity index is 2.07. The lowest BCUT2D eigenvalue weighted by atomic mass is 10.1. The van der Waals surface area contributed by atoms with Crippen LogP contribution in [-0.4, -0.2) is 38.6 Å². The number of alkyl halides is 1. The van der Waals surface area contributed by atoms with Crippen molar-refractivity contribution < 1.29 is 9.72 Å². The van der Waals surface area contributed by atoms with Gasteiger partial charge in [-0.2, -0.15) is 0 Å². The van der Waals surface area contributed by atoms with E-state index in [0.717, 1.165) is 37.6 Å². The molecule has 0 aromatic carbocycles. The van der Waals surface area contributed by atoms with Crippen molar-refractivity contribution in [2.75, 3.05) is 11.9 Å². The highest BCUT2D eigenvalue weighted by molar-refractivity contribution is 9.09. The highest BCUT2D eigenvalue weighted by Gasteiger charge is 2.30. The Morgan fingerprint density at radius 1 is 1.63 bits per heavy atom. The van der Waals surface area contributed by atoms with E-state index in [2.05, 4.69) is 20.9 Å². The molecule has 104 valence electrons. The third-order valence-electron chi connectivity index (χ3n) is 3.42. The molecule has 2 heterocycles. The van der Waals surface area contributed by atoms with Crippen molar-refractivity contribution >= 4 is 27.5 Å². The van der Waals surface area contributed by atoms with Gasteiger partial charge in [-0.05, 0) is 25.7 Å². The standard InChI is InChI=1S/C12H16BrN3O3/c13-5-1-3-9-4-2-6-15(9)12(17)11-7-10(8-14-11)16(18)19/h7-9,14H,1-6H2. The molecule has 19 heavy (non-hydrogen) atoms. The Hall–Kier alpha value is -1.37. The molecule has 1 N–H and O–H groups in total. The highest BCUT2D eigenvalue weighted by atomic mass is 79.9. The molecule has 1 aliphatic heterocycles. The van der Waals surface area contributed by atoms with Crippen LogP contribution in [0.15, 0.2) is 12.3 Å². The summed E-state index contributed by atoms with van der Waals surface area (Å²) in [6.45, 7) is 0.735. The van der Waals surface area contributed by atoms with E-state index in [0.29, 0.717) is 5.69 Å². The Bertz CT molecular complexity index is 475. The molecule has 0 radical (unpaired) electrons. The van der Waals surface area contributed by atoms with Crippen LogP contribution in [0.2, 0.25) is 0 Å². The Kier molecular flexibility index (Phi) is 4.57. The molecular formula is C12H16BrN3O3. The lowest BCUT2D eigenvalue weighted by molar-refractivity contribution is -0.384. The summed E-state index contributed by atoms with van der Waals surface area (Å²) in [5.41, 5.74) is 0.233. The number of hydrogen-bond donors (Lipinski definition) is 1. The number of aromatic nitrogens is 1. The highest BCUT2D eigenvalue weighted by Crippen LogP contribution is 2.24. The van der Waals surface area contributed by atoms with Gasteiger partial charge in [-0.15, -0.1) is 0 Å². The van der Waals surface area contributed by atoms with Crippen molar-refractivity contribution in [3.8, 4) is 0 Å². The number of nitrogens with one attached hydrogen (secondary N) is 1. The first kappa shape index (κ1) is 14.0. The zero-order chi connectivity index (χ0) is 13.8. The first-order valence-corrected chi connectivity index (χ1v) is 7.45. The van der Waals surface area contributed by atoms with Crippen molar-refractivity contribution in [2.24, 2.45) is 0 Å². The molecule has 1 saturated heterocycles. The number of rotatable bonds is 5. The number of carbonyl (C=O) groups is 1.